The summed E-state index contributed by atoms with van der Waals surface area (Å²) in [5, 5.41) is 11.5. The number of hydrogen-bond donors (Lipinski definition) is 1. The molecule has 2 saturated carbocycles. The second-order valence-electron chi connectivity index (χ2n) is 10.8. The van der Waals surface area contributed by atoms with Gasteiger partial charge in [0, 0.05) is 13.3 Å². The molecule has 4 fully saturated rings. The van der Waals surface area contributed by atoms with Crippen LogP contribution in [0.4, 0.5) is 0 Å². The van der Waals surface area contributed by atoms with Crippen LogP contribution >= 0.6 is 0 Å². The fourth-order valence-electron chi connectivity index (χ4n) is 7.37. The summed E-state index contributed by atoms with van der Waals surface area (Å²) in [6.45, 7) is 12.1. The Kier molecular flexibility index (Phi) is 4.36. The normalized spacial score (nSPS) is 52.4. The maximum Gasteiger partial charge on any atom is 0.303 e. The van der Waals surface area contributed by atoms with Crippen molar-refractivity contribution in [3.8, 4) is 0 Å². The number of ketones is 1. The maximum absolute atomic E-state index is 13.6. The molecule has 0 amide bonds. The predicted octanol–water partition coefficient (Wildman–Crippen LogP) is 2.65. The van der Waals surface area contributed by atoms with Crippen molar-refractivity contribution in [2.24, 2.45) is 22.7 Å². The molecule has 6 heteroatoms. The number of esters is 1. The summed E-state index contributed by atoms with van der Waals surface area (Å²) in [5.41, 5.74) is -2.41. The van der Waals surface area contributed by atoms with Crippen molar-refractivity contribution in [3.05, 3.63) is 0 Å². The molecule has 0 radical (unpaired) electrons. The summed E-state index contributed by atoms with van der Waals surface area (Å²) in [7, 11) is 0. The van der Waals surface area contributed by atoms with E-state index in [4.69, 9.17) is 14.2 Å². The average Bonchev–Trinajstić information content (AvgIpc) is 3.34. The van der Waals surface area contributed by atoms with Crippen LogP contribution in [0.15, 0.2) is 0 Å². The highest BCUT2D eigenvalue weighted by molar-refractivity contribution is 5.85. The smallest absolute Gasteiger partial charge is 0.303 e. The van der Waals surface area contributed by atoms with Gasteiger partial charge in [0.1, 0.15) is 23.1 Å². The SMILES string of the molecule is CC(=O)O[C@H]1[C@@H](O)[C@H]2C(C)(C)CCC[C@]2(C)[C@H]2C(=O)C[C@](C)(C3CO3)O[C@@]21C. The summed E-state index contributed by atoms with van der Waals surface area (Å²) in [5.74, 6) is -0.900. The van der Waals surface area contributed by atoms with Gasteiger partial charge in [-0.05, 0) is 43.4 Å². The number of hydrogen-bond acceptors (Lipinski definition) is 6. The second kappa shape index (κ2) is 6.02. The first-order valence-electron chi connectivity index (χ1n) is 10.5. The van der Waals surface area contributed by atoms with Crippen LogP contribution in [0.2, 0.25) is 0 Å². The van der Waals surface area contributed by atoms with Crippen LogP contribution in [-0.2, 0) is 23.8 Å². The van der Waals surface area contributed by atoms with Crippen LogP contribution in [-0.4, -0.2) is 53.0 Å². The fourth-order valence-corrected chi connectivity index (χ4v) is 7.37. The molecule has 28 heavy (non-hydrogen) atoms. The molecule has 0 aromatic heterocycles. The Morgan fingerprint density at radius 3 is 2.39 bits per heavy atom. The van der Waals surface area contributed by atoms with Gasteiger partial charge in [-0.2, -0.15) is 0 Å². The molecule has 0 aromatic rings. The van der Waals surface area contributed by atoms with Crippen molar-refractivity contribution >= 4 is 11.8 Å². The lowest BCUT2D eigenvalue weighted by atomic mass is 9.42. The second-order valence-corrected chi connectivity index (χ2v) is 10.8. The fraction of sp³-hybridized carbons (Fsp3) is 0.909. The number of rotatable bonds is 2. The summed E-state index contributed by atoms with van der Waals surface area (Å²) in [4.78, 5) is 25.6. The number of Topliss-reactive ketones (excluding diaryl/α,β-unsaturated/α-hetero) is 1. The average molecular weight is 395 g/mol. The van der Waals surface area contributed by atoms with Gasteiger partial charge in [-0.1, -0.05) is 27.2 Å². The van der Waals surface area contributed by atoms with Gasteiger partial charge in [0.05, 0.1) is 18.6 Å². The Bertz CT molecular complexity index is 699. The number of carbonyl (C=O) groups excluding carboxylic acids is 2. The highest BCUT2D eigenvalue weighted by Crippen LogP contribution is 2.65. The first-order chi connectivity index (χ1) is 12.9. The van der Waals surface area contributed by atoms with Gasteiger partial charge in [-0.15, -0.1) is 0 Å². The Morgan fingerprint density at radius 1 is 1.18 bits per heavy atom. The highest BCUT2D eigenvalue weighted by atomic mass is 16.6. The first-order valence-corrected chi connectivity index (χ1v) is 10.5. The van der Waals surface area contributed by atoms with Crippen molar-refractivity contribution in [1.82, 2.24) is 0 Å². The largest absolute Gasteiger partial charge is 0.457 e. The third kappa shape index (κ3) is 2.71. The quantitative estimate of drug-likeness (QED) is 0.572. The van der Waals surface area contributed by atoms with E-state index >= 15 is 0 Å². The minimum Gasteiger partial charge on any atom is -0.457 e. The van der Waals surface area contributed by atoms with E-state index in [1.165, 1.54) is 6.92 Å². The van der Waals surface area contributed by atoms with Gasteiger partial charge in [-0.25, -0.2) is 0 Å². The Hall–Kier alpha value is -0.980. The topological polar surface area (TPSA) is 85.4 Å². The minimum atomic E-state index is -1.08. The molecule has 1 N–H and O–H groups in total. The molecular weight excluding hydrogens is 360 g/mol. The molecule has 4 aliphatic rings. The summed E-state index contributed by atoms with van der Waals surface area (Å²) >= 11 is 0. The van der Waals surface area contributed by atoms with E-state index in [9.17, 15) is 14.7 Å². The molecule has 1 unspecified atom stereocenters. The summed E-state index contributed by atoms with van der Waals surface area (Å²) in [6, 6.07) is 0. The van der Waals surface area contributed by atoms with Crippen molar-refractivity contribution in [2.75, 3.05) is 6.61 Å². The molecule has 6 nitrogen and oxygen atoms in total. The number of carbonyl (C=O) groups is 2. The molecule has 0 spiro atoms. The zero-order valence-corrected chi connectivity index (χ0v) is 17.9. The van der Waals surface area contributed by atoms with Crippen LogP contribution in [0.5, 0.6) is 0 Å². The zero-order chi connectivity index (χ0) is 20.7. The maximum atomic E-state index is 13.6. The third-order valence-electron chi connectivity index (χ3n) is 8.15. The number of aliphatic hydroxyl groups is 1. The van der Waals surface area contributed by atoms with E-state index in [1.807, 2.05) is 13.8 Å². The van der Waals surface area contributed by atoms with E-state index in [-0.39, 0.29) is 23.2 Å². The minimum absolute atomic E-state index is 0.127. The predicted molar refractivity (Wildman–Crippen MR) is 102 cm³/mol. The van der Waals surface area contributed by atoms with Crippen molar-refractivity contribution in [2.45, 2.75) is 96.7 Å². The standard InChI is InChI=1S/C22H34O6/c1-12(23)27-18-15(25)17-19(2,3)8-7-9-20(17,4)16-13(24)10-21(5,14-11-26-14)28-22(16,18)6/h14-18,25H,7-11H2,1-6H3/t14?,15-,16+,17-,18-,20+,21+,22-/m0/s1. The Morgan fingerprint density at radius 2 is 1.82 bits per heavy atom. The van der Waals surface area contributed by atoms with Crippen LogP contribution in [0, 0.1) is 22.7 Å². The van der Waals surface area contributed by atoms with Crippen LogP contribution in [0.25, 0.3) is 0 Å². The van der Waals surface area contributed by atoms with E-state index in [2.05, 4.69) is 20.8 Å². The lowest BCUT2D eigenvalue weighted by Gasteiger charge is -2.67. The summed E-state index contributed by atoms with van der Waals surface area (Å²) < 4.78 is 17.8. The van der Waals surface area contributed by atoms with Crippen LogP contribution in [0.3, 0.4) is 0 Å². The van der Waals surface area contributed by atoms with Gasteiger partial charge in [0.15, 0.2) is 6.10 Å². The van der Waals surface area contributed by atoms with E-state index in [0.717, 1.165) is 19.3 Å². The molecule has 8 atom stereocenters. The molecule has 0 aromatic carbocycles. The molecule has 0 bridgehead atoms. The van der Waals surface area contributed by atoms with Gasteiger partial charge in [0.2, 0.25) is 0 Å². The van der Waals surface area contributed by atoms with Gasteiger partial charge >= 0.3 is 5.97 Å². The molecule has 2 heterocycles. The molecular formula is C22H34O6. The first kappa shape index (κ1) is 20.3. The Balaban J connectivity index is 1.85. The van der Waals surface area contributed by atoms with Gasteiger partial charge < -0.3 is 19.3 Å². The van der Waals surface area contributed by atoms with Crippen molar-refractivity contribution < 1.29 is 28.9 Å². The molecule has 4 rings (SSSR count). The van der Waals surface area contributed by atoms with Crippen molar-refractivity contribution in [1.29, 1.82) is 0 Å². The van der Waals surface area contributed by atoms with Gasteiger partial charge in [0.25, 0.3) is 0 Å². The monoisotopic (exact) mass is 394 g/mol. The van der Waals surface area contributed by atoms with Crippen LogP contribution in [0.1, 0.15) is 67.2 Å². The Labute approximate surface area is 167 Å². The van der Waals surface area contributed by atoms with Crippen LogP contribution < -0.4 is 0 Å². The number of aliphatic hydroxyl groups excluding tert-OH is 1. The number of ether oxygens (including phenoxy) is 3. The van der Waals surface area contributed by atoms with Gasteiger partial charge in [-0.3, -0.25) is 9.59 Å². The number of epoxide rings is 1. The molecule has 2 aliphatic heterocycles. The number of fused-ring (bicyclic) bond motifs is 3. The van der Waals surface area contributed by atoms with Crippen molar-refractivity contribution in [3.63, 3.8) is 0 Å². The lowest BCUT2D eigenvalue weighted by molar-refractivity contribution is -0.316. The summed E-state index contributed by atoms with van der Waals surface area (Å²) in [6.07, 6.45) is 1.24. The van der Waals surface area contributed by atoms with E-state index in [1.54, 1.807) is 0 Å². The zero-order valence-electron chi connectivity index (χ0n) is 17.9. The molecule has 2 aliphatic carbocycles. The lowest BCUT2D eigenvalue weighted by Crippen LogP contribution is -2.76. The molecule has 158 valence electrons. The van der Waals surface area contributed by atoms with E-state index < -0.39 is 40.7 Å². The molecule has 2 saturated heterocycles. The highest BCUT2D eigenvalue weighted by Gasteiger charge is 2.73. The van der Waals surface area contributed by atoms with E-state index in [0.29, 0.717) is 13.0 Å². The third-order valence-corrected chi connectivity index (χ3v) is 8.15.